The van der Waals surface area contributed by atoms with Gasteiger partial charge >= 0.3 is 0 Å². The lowest BCUT2D eigenvalue weighted by atomic mass is 9.99. The number of halogens is 1. The largest absolute Gasteiger partial charge is 0.373 e. The number of nitrogens with one attached hydrogen (secondary N) is 2. The molecule has 1 amide bonds. The van der Waals surface area contributed by atoms with Gasteiger partial charge in [-0.2, -0.15) is 5.10 Å². The predicted octanol–water partition coefficient (Wildman–Crippen LogP) is 1.86. The second-order valence-corrected chi connectivity index (χ2v) is 6.08. The van der Waals surface area contributed by atoms with E-state index >= 15 is 0 Å². The fourth-order valence-corrected chi connectivity index (χ4v) is 2.80. The van der Waals surface area contributed by atoms with Gasteiger partial charge in [-0.05, 0) is 30.8 Å². The Kier molecular flexibility index (Phi) is 4.95. The number of aromatic amines is 1. The lowest BCUT2D eigenvalue weighted by Crippen LogP contribution is -2.48. The Hall–Kier alpha value is -1.89. The highest BCUT2D eigenvalue weighted by Gasteiger charge is 2.30. The number of hydrogen-bond donors (Lipinski definition) is 2. The number of H-pyrrole nitrogens is 1. The number of ether oxygens (including phenoxy) is 1. The van der Waals surface area contributed by atoms with Crippen LogP contribution in [0.5, 0.6) is 0 Å². The van der Waals surface area contributed by atoms with E-state index in [1.165, 1.54) is 0 Å². The van der Waals surface area contributed by atoms with Crippen molar-refractivity contribution in [3.05, 3.63) is 52.8 Å². The van der Waals surface area contributed by atoms with Gasteiger partial charge in [0.1, 0.15) is 5.69 Å². The normalized spacial score (nSPS) is 20.2. The van der Waals surface area contributed by atoms with E-state index in [1.807, 2.05) is 31.3 Å². The average molecular weight is 335 g/mol. The molecule has 7 heteroatoms. The molecule has 1 aliphatic rings. The molecule has 2 atom stereocenters. The number of amides is 1. The van der Waals surface area contributed by atoms with Crippen LogP contribution in [0, 0.1) is 0 Å². The molecular formula is C16H19ClN4O2. The number of carbonyl (C=O) groups excluding carboxylic acids is 1. The molecule has 2 heterocycles. The molecule has 0 aliphatic carbocycles. The first-order valence-corrected chi connectivity index (χ1v) is 7.87. The number of rotatable bonds is 4. The third kappa shape index (κ3) is 3.90. The van der Waals surface area contributed by atoms with Crippen LogP contribution in [0.25, 0.3) is 0 Å². The van der Waals surface area contributed by atoms with Gasteiger partial charge in [-0.3, -0.25) is 9.89 Å². The molecule has 3 rings (SSSR count). The minimum absolute atomic E-state index is 0.123. The highest BCUT2D eigenvalue weighted by atomic mass is 35.5. The summed E-state index contributed by atoms with van der Waals surface area (Å²) >= 11 is 5.97. The first-order chi connectivity index (χ1) is 11.1. The summed E-state index contributed by atoms with van der Waals surface area (Å²) < 4.78 is 5.90. The molecule has 1 fully saturated rings. The summed E-state index contributed by atoms with van der Waals surface area (Å²) in [7, 11) is 2.05. The summed E-state index contributed by atoms with van der Waals surface area (Å²) in [5, 5.41) is 10.2. The van der Waals surface area contributed by atoms with Crippen LogP contribution < -0.4 is 5.32 Å². The van der Waals surface area contributed by atoms with E-state index in [1.54, 1.807) is 12.3 Å². The van der Waals surface area contributed by atoms with Gasteiger partial charge in [0.2, 0.25) is 0 Å². The van der Waals surface area contributed by atoms with Crippen LogP contribution in [0.4, 0.5) is 0 Å². The van der Waals surface area contributed by atoms with E-state index in [9.17, 15) is 4.79 Å². The lowest BCUT2D eigenvalue weighted by Gasteiger charge is -2.35. The first kappa shape index (κ1) is 16.0. The van der Waals surface area contributed by atoms with Gasteiger partial charge in [-0.15, -0.1) is 0 Å². The smallest absolute Gasteiger partial charge is 0.269 e. The number of morpholine rings is 1. The fraction of sp³-hybridized carbons (Fsp3) is 0.375. The molecule has 0 unspecified atom stereocenters. The fourth-order valence-electron chi connectivity index (χ4n) is 2.68. The minimum atomic E-state index is -0.259. The molecule has 0 radical (unpaired) electrons. The van der Waals surface area contributed by atoms with Crippen LogP contribution in [-0.4, -0.2) is 53.9 Å². The Morgan fingerprint density at radius 1 is 1.43 bits per heavy atom. The summed E-state index contributed by atoms with van der Waals surface area (Å²) in [4.78, 5) is 14.6. The molecule has 122 valence electrons. The maximum Gasteiger partial charge on any atom is 0.269 e. The Balaban J connectivity index is 1.83. The van der Waals surface area contributed by atoms with E-state index in [0.29, 0.717) is 17.3 Å². The molecule has 1 aromatic carbocycles. The Bertz CT molecular complexity index is 645. The monoisotopic (exact) mass is 334 g/mol. The van der Waals surface area contributed by atoms with Crippen LogP contribution in [-0.2, 0) is 4.74 Å². The second-order valence-electron chi connectivity index (χ2n) is 5.64. The van der Waals surface area contributed by atoms with Crippen molar-refractivity contribution in [2.24, 2.45) is 0 Å². The van der Waals surface area contributed by atoms with Gasteiger partial charge in [-0.1, -0.05) is 23.7 Å². The number of hydrogen-bond acceptors (Lipinski definition) is 4. The van der Waals surface area contributed by atoms with Crippen molar-refractivity contribution in [1.82, 2.24) is 20.4 Å². The van der Waals surface area contributed by atoms with Crippen LogP contribution in [0.15, 0.2) is 36.5 Å². The van der Waals surface area contributed by atoms with Crippen LogP contribution in [0.1, 0.15) is 22.1 Å². The lowest BCUT2D eigenvalue weighted by molar-refractivity contribution is -0.0381. The maximum atomic E-state index is 12.4. The van der Waals surface area contributed by atoms with E-state index < -0.39 is 0 Å². The number of carbonyl (C=O) groups is 1. The quantitative estimate of drug-likeness (QED) is 0.895. The van der Waals surface area contributed by atoms with E-state index in [2.05, 4.69) is 20.4 Å². The van der Waals surface area contributed by atoms with Crippen LogP contribution in [0.2, 0.25) is 5.02 Å². The van der Waals surface area contributed by atoms with E-state index in [0.717, 1.165) is 18.7 Å². The van der Waals surface area contributed by atoms with Crippen molar-refractivity contribution in [3.63, 3.8) is 0 Å². The zero-order chi connectivity index (χ0) is 16.2. The van der Waals surface area contributed by atoms with Crippen molar-refractivity contribution < 1.29 is 9.53 Å². The Morgan fingerprint density at radius 3 is 2.87 bits per heavy atom. The number of aromatic nitrogens is 2. The summed E-state index contributed by atoms with van der Waals surface area (Å²) in [6, 6.07) is 8.85. The second kappa shape index (κ2) is 7.12. The van der Waals surface area contributed by atoms with Gasteiger partial charge in [0.25, 0.3) is 5.91 Å². The Labute approximate surface area is 139 Å². The molecule has 2 aromatic rings. The van der Waals surface area contributed by atoms with Crippen molar-refractivity contribution >= 4 is 17.5 Å². The van der Waals surface area contributed by atoms with Gasteiger partial charge < -0.3 is 15.0 Å². The van der Waals surface area contributed by atoms with E-state index in [-0.39, 0.29) is 18.1 Å². The average Bonchev–Trinajstić information content (AvgIpc) is 3.08. The SMILES string of the molecule is CN1CCO[C@@H]([C@@H](NC(=O)c2ccn[nH]2)c2ccc(Cl)cc2)C1. The molecule has 1 aliphatic heterocycles. The standard InChI is InChI=1S/C16H19ClN4O2/c1-21-8-9-23-14(10-21)15(11-2-4-12(17)5-3-11)19-16(22)13-6-7-18-20-13/h2-7,14-15H,8-10H2,1H3,(H,18,20)(H,19,22)/t14-,15+/m1/s1. The third-order valence-electron chi connectivity index (χ3n) is 3.93. The van der Waals surface area contributed by atoms with Gasteiger partial charge in [0.15, 0.2) is 0 Å². The highest BCUT2D eigenvalue weighted by Crippen LogP contribution is 2.24. The summed E-state index contributed by atoms with van der Waals surface area (Å²) in [5.41, 5.74) is 1.38. The molecule has 2 N–H and O–H groups in total. The minimum Gasteiger partial charge on any atom is -0.373 e. The predicted molar refractivity (Wildman–Crippen MR) is 87.5 cm³/mol. The van der Waals surface area contributed by atoms with Crippen molar-refractivity contribution in [2.75, 3.05) is 26.7 Å². The number of benzene rings is 1. The van der Waals surface area contributed by atoms with Gasteiger partial charge in [0.05, 0.1) is 18.8 Å². The molecule has 23 heavy (non-hydrogen) atoms. The van der Waals surface area contributed by atoms with Crippen molar-refractivity contribution in [2.45, 2.75) is 12.1 Å². The summed E-state index contributed by atoms with van der Waals surface area (Å²) in [5.74, 6) is -0.209. The van der Waals surface area contributed by atoms with Crippen LogP contribution >= 0.6 is 11.6 Å². The molecular weight excluding hydrogens is 316 g/mol. The zero-order valence-electron chi connectivity index (χ0n) is 12.8. The number of nitrogens with zero attached hydrogens (tertiary/aromatic N) is 2. The van der Waals surface area contributed by atoms with Gasteiger partial charge in [0, 0.05) is 24.3 Å². The summed E-state index contributed by atoms with van der Waals surface area (Å²) in [6.07, 6.45) is 1.43. The molecule has 0 bridgehead atoms. The zero-order valence-corrected chi connectivity index (χ0v) is 13.6. The van der Waals surface area contributed by atoms with Crippen molar-refractivity contribution in [1.29, 1.82) is 0 Å². The topological polar surface area (TPSA) is 70.2 Å². The van der Waals surface area contributed by atoms with Gasteiger partial charge in [-0.25, -0.2) is 0 Å². The van der Waals surface area contributed by atoms with Crippen LogP contribution in [0.3, 0.4) is 0 Å². The molecule has 0 spiro atoms. The Morgan fingerprint density at radius 2 is 2.22 bits per heavy atom. The highest BCUT2D eigenvalue weighted by molar-refractivity contribution is 6.30. The summed E-state index contributed by atoms with van der Waals surface area (Å²) in [6.45, 7) is 2.28. The number of likely N-dealkylation sites (N-methyl/N-ethyl adjacent to an activating group) is 1. The molecule has 0 saturated carbocycles. The molecule has 1 aromatic heterocycles. The third-order valence-corrected chi connectivity index (χ3v) is 4.18. The maximum absolute atomic E-state index is 12.4. The van der Waals surface area contributed by atoms with E-state index in [4.69, 9.17) is 16.3 Å². The first-order valence-electron chi connectivity index (χ1n) is 7.49. The van der Waals surface area contributed by atoms with Crippen molar-refractivity contribution in [3.8, 4) is 0 Å². The molecule has 6 nitrogen and oxygen atoms in total. The molecule has 1 saturated heterocycles.